The first kappa shape index (κ1) is 13.9. The van der Waals surface area contributed by atoms with E-state index in [1.165, 1.54) is 44.9 Å². The molecule has 1 aliphatic heterocycles. The second-order valence-electron chi connectivity index (χ2n) is 6.15. The van der Waals surface area contributed by atoms with E-state index in [0.717, 1.165) is 24.3 Å². The number of hydrogen-bond donors (Lipinski definition) is 1. The van der Waals surface area contributed by atoms with Crippen LogP contribution >= 0.6 is 0 Å². The lowest BCUT2D eigenvalue weighted by molar-refractivity contribution is 0.548. The SMILES string of the molecule is Fc1cccc(N2CCCCCCC2)c1CNC1CC1. The predicted molar refractivity (Wildman–Crippen MR) is 81.6 cm³/mol. The zero-order chi connectivity index (χ0) is 13.8. The summed E-state index contributed by atoms with van der Waals surface area (Å²) in [6, 6.07) is 6.16. The first-order valence-electron chi connectivity index (χ1n) is 8.10. The average molecular weight is 276 g/mol. The van der Waals surface area contributed by atoms with Crippen LogP contribution < -0.4 is 10.2 Å². The van der Waals surface area contributed by atoms with E-state index < -0.39 is 0 Å². The number of anilines is 1. The Morgan fingerprint density at radius 1 is 1.05 bits per heavy atom. The first-order chi connectivity index (χ1) is 9.84. The second kappa shape index (κ2) is 6.57. The van der Waals surface area contributed by atoms with Crippen LogP contribution in [-0.4, -0.2) is 19.1 Å². The maximum Gasteiger partial charge on any atom is 0.129 e. The molecule has 2 fully saturated rings. The highest BCUT2D eigenvalue weighted by atomic mass is 19.1. The lowest BCUT2D eigenvalue weighted by Crippen LogP contribution is -2.29. The van der Waals surface area contributed by atoms with E-state index in [2.05, 4.69) is 16.3 Å². The van der Waals surface area contributed by atoms with E-state index in [1.807, 2.05) is 6.07 Å². The van der Waals surface area contributed by atoms with Gasteiger partial charge in [-0.3, -0.25) is 0 Å². The third-order valence-electron chi connectivity index (χ3n) is 4.44. The van der Waals surface area contributed by atoms with Crippen LogP contribution in [-0.2, 0) is 6.54 Å². The molecule has 20 heavy (non-hydrogen) atoms. The third kappa shape index (κ3) is 3.51. The van der Waals surface area contributed by atoms with E-state index in [-0.39, 0.29) is 5.82 Å². The van der Waals surface area contributed by atoms with E-state index in [9.17, 15) is 4.39 Å². The molecule has 0 unspecified atom stereocenters. The minimum atomic E-state index is -0.0577. The number of hydrogen-bond acceptors (Lipinski definition) is 2. The van der Waals surface area contributed by atoms with Crippen LogP contribution in [0.5, 0.6) is 0 Å². The average Bonchev–Trinajstić information content (AvgIpc) is 3.21. The summed E-state index contributed by atoms with van der Waals surface area (Å²) in [5.74, 6) is -0.0577. The summed E-state index contributed by atoms with van der Waals surface area (Å²) in [5, 5.41) is 3.45. The van der Waals surface area contributed by atoms with Gasteiger partial charge in [0.15, 0.2) is 0 Å². The molecule has 3 rings (SSSR count). The van der Waals surface area contributed by atoms with Crippen molar-refractivity contribution in [2.75, 3.05) is 18.0 Å². The van der Waals surface area contributed by atoms with Crippen molar-refractivity contribution >= 4 is 5.69 Å². The van der Waals surface area contributed by atoms with Crippen LogP contribution in [0.1, 0.15) is 50.5 Å². The summed E-state index contributed by atoms with van der Waals surface area (Å²) < 4.78 is 14.2. The minimum absolute atomic E-state index is 0.0577. The summed E-state index contributed by atoms with van der Waals surface area (Å²) in [7, 11) is 0. The molecule has 1 aliphatic carbocycles. The molecule has 0 aromatic heterocycles. The molecule has 1 N–H and O–H groups in total. The van der Waals surface area contributed by atoms with Crippen molar-refractivity contribution in [3.05, 3.63) is 29.6 Å². The number of nitrogens with one attached hydrogen (secondary N) is 1. The monoisotopic (exact) mass is 276 g/mol. The quantitative estimate of drug-likeness (QED) is 0.898. The van der Waals surface area contributed by atoms with Gasteiger partial charge in [0.05, 0.1) is 0 Å². The van der Waals surface area contributed by atoms with Crippen LogP contribution in [0.15, 0.2) is 18.2 Å². The third-order valence-corrected chi connectivity index (χ3v) is 4.44. The summed E-state index contributed by atoms with van der Waals surface area (Å²) in [5.41, 5.74) is 1.97. The molecule has 0 radical (unpaired) electrons. The smallest absolute Gasteiger partial charge is 0.129 e. The van der Waals surface area contributed by atoms with Gasteiger partial charge in [-0.25, -0.2) is 4.39 Å². The normalized spacial score (nSPS) is 20.6. The number of benzene rings is 1. The van der Waals surface area contributed by atoms with Crippen LogP contribution in [0.2, 0.25) is 0 Å². The molecule has 0 amide bonds. The lowest BCUT2D eigenvalue weighted by Gasteiger charge is -2.29. The highest BCUT2D eigenvalue weighted by Crippen LogP contribution is 2.27. The van der Waals surface area contributed by atoms with Crippen molar-refractivity contribution < 1.29 is 4.39 Å². The number of halogens is 1. The Bertz CT molecular complexity index is 435. The predicted octanol–water partition coefficient (Wildman–Crippen LogP) is 3.85. The van der Waals surface area contributed by atoms with Crippen molar-refractivity contribution in [3.8, 4) is 0 Å². The highest BCUT2D eigenvalue weighted by Gasteiger charge is 2.22. The number of rotatable bonds is 4. The summed E-state index contributed by atoms with van der Waals surface area (Å²) in [4.78, 5) is 2.39. The number of nitrogens with zero attached hydrogens (tertiary/aromatic N) is 1. The van der Waals surface area contributed by atoms with Crippen LogP contribution in [0.4, 0.5) is 10.1 Å². The van der Waals surface area contributed by atoms with Gasteiger partial charge in [-0.15, -0.1) is 0 Å². The zero-order valence-corrected chi connectivity index (χ0v) is 12.2. The van der Waals surface area contributed by atoms with Gasteiger partial charge in [0, 0.05) is 36.9 Å². The van der Waals surface area contributed by atoms with Gasteiger partial charge in [0.25, 0.3) is 0 Å². The maximum absolute atomic E-state index is 14.2. The molecule has 0 bridgehead atoms. The molecule has 1 aromatic rings. The lowest BCUT2D eigenvalue weighted by atomic mass is 10.1. The van der Waals surface area contributed by atoms with Crippen molar-refractivity contribution in [1.82, 2.24) is 5.32 Å². The second-order valence-corrected chi connectivity index (χ2v) is 6.15. The molecule has 0 atom stereocenters. The molecular weight excluding hydrogens is 251 g/mol. The fraction of sp³-hybridized carbons (Fsp3) is 0.647. The van der Waals surface area contributed by atoms with Crippen molar-refractivity contribution in [2.45, 2.75) is 57.5 Å². The summed E-state index contributed by atoms with van der Waals surface area (Å²) in [6.07, 6.45) is 8.91. The van der Waals surface area contributed by atoms with Crippen molar-refractivity contribution in [2.24, 2.45) is 0 Å². The topological polar surface area (TPSA) is 15.3 Å². The van der Waals surface area contributed by atoms with E-state index >= 15 is 0 Å². The molecule has 110 valence electrons. The zero-order valence-electron chi connectivity index (χ0n) is 12.2. The molecule has 1 aromatic carbocycles. The Balaban J connectivity index is 1.76. The van der Waals surface area contributed by atoms with Crippen LogP contribution in [0.25, 0.3) is 0 Å². The molecule has 0 spiro atoms. The van der Waals surface area contributed by atoms with Crippen molar-refractivity contribution in [1.29, 1.82) is 0 Å². The van der Waals surface area contributed by atoms with E-state index in [0.29, 0.717) is 12.6 Å². The molecule has 1 heterocycles. The minimum Gasteiger partial charge on any atom is -0.371 e. The van der Waals surface area contributed by atoms with Crippen LogP contribution in [0, 0.1) is 5.82 Å². The Morgan fingerprint density at radius 3 is 2.45 bits per heavy atom. The molecule has 3 heteroatoms. The molecular formula is C17H25FN2. The molecule has 1 saturated carbocycles. The van der Waals surface area contributed by atoms with Crippen molar-refractivity contribution in [3.63, 3.8) is 0 Å². The Kier molecular flexibility index (Phi) is 4.56. The molecule has 2 aliphatic rings. The Morgan fingerprint density at radius 2 is 1.75 bits per heavy atom. The fourth-order valence-corrected chi connectivity index (χ4v) is 3.04. The van der Waals surface area contributed by atoms with Gasteiger partial charge in [-0.05, 0) is 37.8 Å². The largest absolute Gasteiger partial charge is 0.371 e. The fourth-order valence-electron chi connectivity index (χ4n) is 3.04. The summed E-state index contributed by atoms with van der Waals surface area (Å²) >= 11 is 0. The summed E-state index contributed by atoms with van der Waals surface area (Å²) in [6.45, 7) is 2.81. The van der Waals surface area contributed by atoms with E-state index in [1.54, 1.807) is 6.07 Å². The molecule has 1 saturated heterocycles. The highest BCUT2D eigenvalue weighted by molar-refractivity contribution is 5.54. The van der Waals surface area contributed by atoms with Gasteiger partial charge >= 0.3 is 0 Å². The van der Waals surface area contributed by atoms with Gasteiger partial charge in [-0.2, -0.15) is 0 Å². The maximum atomic E-state index is 14.2. The van der Waals surface area contributed by atoms with Gasteiger partial charge < -0.3 is 10.2 Å². The van der Waals surface area contributed by atoms with Gasteiger partial charge in [0.2, 0.25) is 0 Å². The Hall–Kier alpha value is -1.09. The Labute approximate surface area is 121 Å². The van der Waals surface area contributed by atoms with Gasteiger partial charge in [-0.1, -0.05) is 25.3 Å². The van der Waals surface area contributed by atoms with Crippen LogP contribution in [0.3, 0.4) is 0 Å². The van der Waals surface area contributed by atoms with Gasteiger partial charge in [0.1, 0.15) is 5.82 Å². The molecule has 2 nitrogen and oxygen atoms in total. The first-order valence-corrected chi connectivity index (χ1v) is 8.10. The standard InChI is InChI=1S/C17H25FN2/c18-16-7-6-8-17(15(16)13-19-14-9-10-14)20-11-4-2-1-3-5-12-20/h6-8,14,19H,1-5,9-13H2. The van der Waals surface area contributed by atoms with E-state index in [4.69, 9.17) is 0 Å².